The van der Waals surface area contributed by atoms with Crippen molar-refractivity contribution in [3.8, 4) is 0 Å². The molecule has 84 valence electrons. The highest BCUT2D eigenvalue weighted by atomic mass is 15.1. The fourth-order valence-corrected chi connectivity index (χ4v) is 2.41. The molecule has 0 aliphatic carbocycles. The summed E-state index contributed by atoms with van der Waals surface area (Å²) in [6.45, 7) is 6.98. The van der Waals surface area contributed by atoms with Gasteiger partial charge in [-0.2, -0.15) is 0 Å². The molecule has 0 radical (unpaired) electrons. The summed E-state index contributed by atoms with van der Waals surface area (Å²) in [6.07, 6.45) is 4.58. The lowest BCUT2D eigenvalue weighted by atomic mass is 9.91. The van der Waals surface area contributed by atoms with Crippen LogP contribution < -0.4 is 5.73 Å². The summed E-state index contributed by atoms with van der Waals surface area (Å²) in [5.41, 5.74) is 7.08. The van der Waals surface area contributed by atoms with Gasteiger partial charge < -0.3 is 15.6 Å². The van der Waals surface area contributed by atoms with Crippen LogP contribution in [0.25, 0.3) is 0 Å². The molecule has 2 heterocycles. The third-order valence-corrected chi connectivity index (χ3v) is 3.46. The van der Waals surface area contributed by atoms with Crippen LogP contribution in [0, 0.1) is 0 Å². The van der Waals surface area contributed by atoms with Gasteiger partial charge in [0.25, 0.3) is 0 Å². The van der Waals surface area contributed by atoms with E-state index in [0.29, 0.717) is 12.0 Å². The van der Waals surface area contributed by atoms with E-state index in [0.717, 1.165) is 5.82 Å². The first kappa shape index (κ1) is 10.6. The highest BCUT2D eigenvalue weighted by Crippen LogP contribution is 2.29. The predicted octanol–water partition coefficient (Wildman–Crippen LogP) is 2.18. The Labute approximate surface area is 91.7 Å². The molecule has 1 aromatic rings. The molecule has 0 amide bonds. The summed E-state index contributed by atoms with van der Waals surface area (Å²) < 4.78 is 0. The zero-order chi connectivity index (χ0) is 10.8. The third-order valence-electron chi connectivity index (χ3n) is 3.46. The Morgan fingerprint density at radius 1 is 1.40 bits per heavy atom. The van der Waals surface area contributed by atoms with Crippen molar-refractivity contribution in [1.29, 1.82) is 0 Å². The Kier molecular flexibility index (Phi) is 3.00. The Bertz CT molecular complexity index is 308. The van der Waals surface area contributed by atoms with Gasteiger partial charge in [-0.1, -0.05) is 0 Å². The van der Waals surface area contributed by atoms with E-state index in [4.69, 9.17) is 5.73 Å². The Hall–Kier alpha value is -0.960. The standard InChI is InChI=1S/C12H21N3/c1-9(2)15-5-3-10(4-6-15)11-7-12(13)14-8-11/h7-10,14H,3-6,13H2,1-2H3. The topological polar surface area (TPSA) is 45.0 Å². The van der Waals surface area contributed by atoms with Gasteiger partial charge in [0.2, 0.25) is 0 Å². The average molecular weight is 207 g/mol. The average Bonchev–Trinajstić information content (AvgIpc) is 2.65. The molecule has 0 saturated carbocycles. The van der Waals surface area contributed by atoms with Gasteiger partial charge >= 0.3 is 0 Å². The van der Waals surface area contributed by atoms with Crippen LogP contribution in [-0.2, 0) is 0 Å². The highest BCUT2D eigenvalue weighted by Gasteiger charge is 2.22. The molecule has 2 rings (SSSR count). The van der Waals surface area contributed by atoms with Crippen LogP contribution in [0.15, 0.2) is 12.3 Å². The van der Waals surface area contributed by atoms with Crippen molar-refractivity contribution < 1.29 is 0 Å². The minimum atomic E-state index is 0.683. The molecule has 0 bridgehead atoms. The zero-order valence-corrected chi connectivity index (χ0v) is 9.66. The number of aromatic amines is 1. The summed E-state index contributed by atoms with van der Waals surface area (Å²) in [4.78, 5) is 5.61. The fourth-order valence-electron chi connectivity index (χ4n) is 2.41. The maximum Gasteiger partial charge on any atom is 0.100 e. The van der Waals surface area contributed by atoms with E-state index >= 15 is 0 Å². The van der Waals surface area contributed by atoms with Crippen LogP contribution in [0.1, 0.15) is 38.2 Å². The van der Waals surface area contributed by atoms with Crippen molar-refractivity contribution in [2.24, 2.45) is 0 Å². The Balaban J connectivity index is 1.93. The fraction of sp³-hybridized carbons (Fsp3) is 0.667. The number of nitrogen functional groups attached to an aromatic ring is 1. The molecule has 1 aliphatic heterocycles. The molecular formula is C12H21N3. The van der Waals surface area contributed by atoms with Crippen LogP contribution in [0.3, 0.4) is 0 Å². The number of piperidine rings is 1. The summed E-state index contributed by atoms with van der Waals surface area (Å²) in [5, 5.41) is 0. The largest absolute Gasteiger partial charge is 0.385 e. The zero-order valence-electron chi connectivity index (χ0n) is 9.66. The van der Waals surface area contributed by atoms with Gasteiger partial charge in [-0.05, 0) is 57.3 Å². The van der Waals surface area contributed by atoms with Gasteiger partial charge in [-0.3, -0.25) is 0 Å². The number of aromatic nitrogens is 1. The maximum absolute atomic E-state index is 5.69. The van der Waals surface area contributed by atoms with Crippen molar-refractivity contribution in [1.82, 2.24) is 9.88 Å². The van der Waals surface area contributed by atoms with Gasteiger partial charge in [0.1, 0.15) is 5.82 Å². The molecule has 15 heavy (non-hydrogen) atoms. The molecule has 0 spiro atoms. The number of hydrogen-bond acceptors (Lipinski definition) is 2. The van der Waals surface area contributed by atoms with Gasteiger partial charge in [-0.15, -0.1) is 0 Å². The monoisotopic (exact) mass is 207 g/mol. The van der Waals surface area contributed by atoms with Crippen LogP contribution in [0.2, 0.25) is 0 Å². The number of nitrogens with one attached hydrogen (secondary N) is 1. The van der Waals surface area contributed by atoms with Gasteiger partial charge in [0.05, 0.1) is 0 Å². The number of nitrogens with zero attached hydrogens (tertiary/aromatic N) is 1. The Morgan fingerprint density at radius 3 is 2.53 bits per heavy atom. The van der Waals surface area contributed by atoms with Crippen molar-refractivity contribution in [3.63, 3.8) is 0 Å². The first-order valence-electron chi connectivity index (χ1n) is 5.84. The van der Waals surface area contributed by atoms with Crippen LogP contribution in [0.4, 0.5) is 5.82 Å². The first-order chi connectivity index (χ1) is 7.16. The van der Waals surface area contributed by atoms with E-state index in [9.17, 15) is 0 Å². The van der Waals surface area contributed by atoms with E-state index < -0.39 is 0 Å². The molecule has 0 aromatic carbocycles. The number of likely N-dealkylation sites (tertiary alicyclic amines) is 1. The van der Waals surface area contributed by atoms with Gasteiger partial charge in [-0.25, -0.2) is 0 Å². The molecule has 1 fully saturated rings. The number of anilines is 1. The SMILES string of the molecule is CC(C)N1CCC(c2c[nH]c(N)c2)CC1. The minimum absolute atomic E-state index is 0.683. The van der Waals surface area contributed by atoms with Crippen LogP contribution in [0.5, 0.6) is 0 Å². The smallest absolute Gasteiger partial charge is 0.100 e. The van der Waals surface area contributed by atoms with E-state index in [1.165, 1.54) is 31.5 Å². The van der Waals surface area contributed by atoms with Crippen LogP contribution >= 0.6 is 0 Å². The molecule has 3 N–H and O–H groups in total. The minimum Gasteiger partial charge on any atom is -0.385 e. The molecule has 3 heteroatoms. The second kappa shape index (κ2) is 4.27. The molecule has 3 nitrogen and oxygen atoms in total. The molecular weight excluding hydrogens is 186 g/mol. The van der Waals surface area contributed by atoms with Crippen molar-refractivity contribution in [2.75, 3.05) is 18.8 Å². The molecule has 1 saturated heterocycles. The molecule has 1 aliphatic rings. The predicted molar refractivity (Wildman–Crippen MR) is 63.9 cm³/mol. The second-order valence-corrected chi connectivity index (χ2v) is 4.79. The number of hydrogen-bond donors (Lipinski definition) is 2. The molecule has 0 unspecified atom stereocenters. The lowest BCUT2D eigenvalue weighted by Gasteiger charge is -2.34. The third kappa shape index (κ3) is 2.34. The highest BCUT2D eigenvalue weighted by molar-refractivity contribution is 5.35. The van der Waals surface area contributed by atoms with Gasteiger partial charge in [0, 0.05) is 12.2 Å². The van der Waals surface area contributed by atoms with Crippen LogP contribution in [-0.4, -0.2) is 29.0 Å². The molecule has 1 aromatic heterocycles. The van der Waals surface area contributed by atoms with Crippen molar-refractivity contribution in [3.05, 3.63) is 17.8 Å². The van der Waals surface area contributed by atoms with Crippen molar-refractivity contribution >= 4 is 5.82 Å². The summed E-state index contributed by atoms with van der Waals surface area (Å²) in [5.74, 6) is 1.49. The molecule has 0 atom stereocenters. The summed E-state index contributed by atoms with van der Waals surface area (Å²) >= 11 is 0. The van der Waals surface area contributed by atoms with E-state index in [2.05, 4.69) is 36.0 Å². The number of H-pyrrole nitrogens is 1. The normalized spacial score (nSPS) is 19.9. The summed E-state index contributed by atoms with van der Waals surface area (Å²) in [6, 6.07) is 2.76. The van der Waals surface area contributed by atoms with Gasteiger partial charge in [0.15, 0.2) is 0 Å². The van der Waals surface area contributed by atoms with E-state index in [1.807, 2.05) is 0 Å². The lowest BCUT2D eigenvalue weighted by molar-refractivity contribution is 0.172. The van der Waals surface area contributed by atoms with E-state index in [-0.39, 0.29) is 0 Å². The first-order valence-corrected chi connectivity index (χ1v) is 5.84. The second-order valence-electron chi connectivity index (χ2n) is 4.79. The number of nitrogens with two attached hydrogens (primary N) is 1. The Morgan fingerprint density at radius 2 is 2.07 bits per heavy atom. The lowest BCUT2D eigenvalue weighted by Crippen LogP contribution is -2.37. The van der Waals surface area contributed by atoms with Crippen molar-refractivity contribution in [2.45, 2.75) is 38.6 Å². The van der Waals surface area contributed by atoms with E-state index in [1.54, 1.807) is 0 Å². The number of rotatable bonds is 2. The maximum atomic E-state index is 5.69. The summed E-state index contributed by atoms with van der Waals surface area (Å²) in [7, 11) is 0. The quantitative estimate of drug-likeness (QED) is 0.780.